The SMILES string of the molecule is C=C(CN1CCC1)C(=O)NCc1nn(-c2ccccc2)c2c1C(C1CC1)C(NC(=O)c1cccc(C(F)(F)F)c1)C(=O)N2CC. The number of halogens is 3. The first-order chi connectivity index (χ1) is 21.6. The van der Waals surface area contributed by atoms with Crippen molar-refractivity contribution in [3.63, 3.8) is 0 Å². The summed E-state index contributed by atoms with van der Waals surface area (Å²) in [5.74, 6) is -1.29. The standard InChI is InChI=1S/C33H35F3N6O3/c1-3-41-31-27(25(39-42(31)24-11-5-4-6-12-24)18-37-29(43)20(2)19-40-15-8-16-40)26(21-13-14-21)28(32(41)45)38-30(44)22-9-7-10-23(17-22)33(34,35)36/h4-7,9-12,17,21,26,28H,2-3,8,13-16,18-19H2,1H3,(H,37,43)(H,38,44). The monoisotopic (exact) mass is 620 g/mol. The second kappa shape index (κ2) is 12.2. The highest BCUT2D eigenvalue weighted by atomic mass is 19.4. The van der Waals surface area contributed by atoms with Crippen LogP contribution in [0.5, 0.6) is 0 Å². The number of benzene rings is 2. The van der Waals surface area contributed by atoms with Crippen LogP contribution in [-0.2, 0) is 22.3 Å². The number of amides is 3. The lowest BCUT2D eigenvalue weighted by Gasteiger charge is -2.38. The smallest absolute Gasteiger partial charge is 0.347 e. The molecule has 0 bridgehead atoms. The summed E-state index contributed by atoms with van der Waals surface area (Å²) < 4.78 is 41.9. The van der Waals surface area contributed by atoms with Gasteiger partial charge >= 0.3 is 6.18 Å². The van der Waals surface area contributed by atoms with Gasteiger partial charge in [-0.15, -0.1) is 0 Å². The molecule has 3 aliphatic rings. The summed E-state index contributed by atoms with van der Waals surface area (Å²) >= 11 is 0. The average molecular weight is 621 g/mol. The fourth-order valence-corrected chi connectivity index (χ4v) is 6.19. The van der Waals surface area contributed by atoms with Gasteiger partial charge in [0, 0.05) is 35.7 Å². The summed E-state index contributed by atoms with van der Waals surface area (Å²) in [4.78, 5) is 44.3. The Morgan fingerprint density at radius 2 is 1.80 bits per heavy atom. The summed E-state index contributed by atoms with van der Waals surface area (Å²) in [5, 5.41) is 10.7. The van der Waals surface area contributed by atoms with E-state index in [1.807, 2.05) is 37.3 Å². The van der Waals surface area contributed by atoms with Crippen molar-refractivity contribution in [2.24, 2.45) is 5.92 Å². The second-order valence-electron chi connectivity index (χ2n) is 11.8. The third kappa shape index (κ3) is 6.11. The molecule has 3 aromatic rings. The van der Waals surface area contributed by atoms with Gasteiger partial charge in [-0.3, -0.25) is 24.2 Å². The molecule has 2 atom stereocenters. The van der Waals surface area contributed by atoms with Crippen molar-refractivity contribution in [3.8, 4) is 5.69 Å². The minimum absolute atomic E-state index is 0.0442. The Bertz CT molecular complexity index is 1630. The highest BCUT2D eigenvalue weighted by Gasteiger charge is 2.51. The van der Waals surface area contributed by atoms with Gasteiger partial charge in [0.1, 0.15) is 11.9 Å². The predicted octanol–water partition coefficient (Wildman–Crippen LogP) is 4.43. The molecule has 1 aliphatic carbocycles. The molecule has 0 radical (unpaired) electrons. The van der Waals surface area contributed by atoms with Gasteiger partial charge in [0.15, 0.2) is 0 Å². The molecule has 236 valence electrons. The molecule has 2 fully saturated rings. The molecule has 3 amide bonds. The number of carbonyl (C=O) groups excluding carboxylic acids is 3. The Hall–Kier alpha value is -4.45. The molecule has 12 heteroatoms. The Labute approximate surface area is 259 Å². The number of alkyl halides is 3. The van der Waals surface area contributed by atoms with E-state index in [1.165, 1.54) is 12.1 Å². The number of hydrogen-bond donors (Lipinski definition) is 2. The first-order valence-corrected chi connectivity index (χ1v) is 15.2. The molecular formula is C33H35F3N6O3. The van der Waals surface area contributed by atoms with Crippen LogP contribution in [-0.4, -0.2) is 64.6 Å². The third-order valence-corrected chi connectivity index (χ3v) is 8.74. The van der Waals surface area contributed by atoms with Crippen LogP contribution in [0, 0.1) is 5.92 Å². The van der Waals surface area contributed by atoms with E-state index in [4.69, 9.17) is 5.10 Å². The maximum atomic E-state index is 14.1. The number of nitrogens with one attached hydrogen (secondary N) is 2. The van der Waals surface area contributed by atoms with Gasteiger partial charge in [0.25, 0.3) is 11.8 Å². The quantitative estimate of drug-likeness (QED) is 0.327. The number of carbonyl (C=O) groups is 3. The van der Waals surface area contributed by atoms with Gasteiger partial charge in [-0.1, -0.05) is 30.8 Å². The number of rotatable bonds is 10. The van der Waals surface area contributed by atoms with Crippen molar-refractivity contribution < 1.29 is 27.6 Å². The summed E-state index contributed by atoms with van der Waals surface area (Å²) in [6.07, 6.45) is -1.89. The molecule has 2 aromatic carbocycles. The van der Waals surface area contributed by atoms with E-state index < -0.39 is 29.6 Å². The van der Waals surface area contributed by atoms with Crippen LogP contribution in [0.3, 0.4) is 0 Å². The lowest BCUT2D eigenvalue weighted by atomic mass is 9.82. The molecule has 6 rings (SSSR count). The Balaban J connectivity index is 1.37. The topological polar surface area (TPSA) is 99.6 Å². The van der Waals surface area contributed by atoms with Crippen LogP contribution in [0.15, 0.2) is 66.7 Å². The Kier molecular flexibility index (Phi) is 8.25. The van der Waals surface area contributed by atoms with Crippen molar-refractivity contribution in [1.29, 1.82) is 0 Å². The van der Waals surface area contributed by atoms with E-state index in [0.717, 1.165) is 55.7 Å². The normalized spacial score (nSPS) is 19.9. The number of nitrogens with zero attached hydrogens (tertiary/aromatic N) is 4. The largest absolute Gasteiger partial charge is 0.416 e. The molecule has 45 heavy (non-hydrogen) atoms. The summed E-state index contributed by atoms with van der Waals surface area (Å²) in [7, 11) is 0. The minimum Gasteiger partial charge on any atom is -0.347 e. The van der Waals surface area contributed by atoms with Crippen molar-refractivity contribution >= 4 is 23.5 Å². The molecule has 9 nitrogen and oxygen atoms in total. The van der Waals surface area contributed by atoms with E-state index in [2.05, 4.69) is 22.1 Å². The van der Waals surface area contributed by atoms with Gasteiger partial charge in [-0.25, -0.2) is 4.68 Å². The average Bonchev–Trinajstić information content (AvgIpc) is 3.78. The Morgan fingerprint density at radius 3 is 2.42 bits per heavy atom. The van der Waals surface area contributed by atoms with E-state index in [0.29, 0.717) is 23.6 Å². The van der Waals surface area contributed by atoms with Gasteiger partial charge in [0.05, 0.1) is 23.5 Å². The number of likely N-dealkylation sites (N-methyl/N-ethyl adjacent to an activating group) is 1. The highest BCUT2D eigenvalue weighted by molar-refractivity contribution is 6.05. The molecule has 2 N–H and O–H groups in total. The number of fused-ring (bicyclic) bond motifs is 1. The number of hydrogen-bond acceptors (Lipinski definition) is 5. The minimum atomic E-state index is -4.62. The van der Waals surface area contributed by atoms with Crippen LogP contribution < -0.4 is 15.5 Å². The van der Waals surface area contributed by atoms with Crippen molar-refractivity contribution in [3.05, 3.63) is 89.1 Å². The number of anilines is 1. The summed E-state index contributed by atoms with van der Waals surface area (Å²) in [6, 6.07) is 12.5. The van der Waals surface area contributed by atoms with Crippen LogP contribution in [0.2, 0.25) is 0 Å². The molecule has 2 aliphatic heterocycles. The first-order valence-electron chi connectivity index (χ1n) is 15.2. The predicted molar refractivity (Wildman–Crippen MR) is 162 cm³/mol. The number of likely N-dealkylation sites (tertiary alicyclic amines) is 1. The first kappa shape index (κ1) is 30.6. The molecule has 3 heterocycles. The number of aromatic nitrogens is 2. The second-order valence-corrected chi connectivity index (χ2v) is 11.8. The zero-order chi connectivity index (χ0) is 31.9. The van der Waals surface area contributed by atoms with E-state index in [-0.39, 0.29) is 36.4 Å². The molecule has 1 aromatic heterocycles. The fourth-order valence-electron chi connectivity index (χ4n) is 6.19. The zero-order valence-corrected chi connectivity index (χ0v) is 24.9. The molecular weight excluding hydrogens is 585 g/mol. The van der Waals surface area contributed by atoms with Crippen LogP contribution in [0.1, 0.15) is 59.3 Å². The van der Waals surface area contributed by atoms with Gasteiger partial charge in [-0.05, 0) is 75.5 Å². The maximum Gasteiger partial charge on any atom is 0.416 e. The Morgan fingerprint density at radius 1 is 1.07 bits per heavy atom. The number of para-hydroxylation sites is 1. The van der Waals surface area contributed by atoms with Crippen LogP contribution in [0.25, 0.3) is 5.69 Å². The van der Waals surface area contributed by atoms with Crippen LogP contribution >= 0.6 is 0 Å². The summed E-state index contributed by atoms with van der Waals surface area (Å²) in [5.41, 5.74) is 1.33. The van der Waals surface area contributed by atoms with Gasteiger partial charge < -0.3 is 10.6 Å². The lowest BCUT2D eigenvalue weighted by molar-refractivity contribution is -0.137. The van der Waals surface area contributed by atoms with Crippen molar-refractivity contribution in [1.82, 2.24) is 25.3 Å². The zero-order valence-electron chi connectivity index (χ0n) is 24.9. The lowest BCUT2D eigenvalue weighted by Crippen LogP contribution is -2.56. The highest BCUT2D eigenvalue weighted by Crippen LogP contribution is 2.51. The molecule has 2 unspecified atom stereocenters. The van der Waals surface area contributed by atoms with Crippen molar-refractivity contribution in [2.45, 2.75) is 50.9 Å². The van der Waals surface area contributed by atoms with E-state index in [1.54, 1.807) is 9.58 Å². The molecule has 0 spiro atoms. The van der Waals surface area contributed by atoms with E-state index >= 15 is 0 Å². The van der Waals surface area contributed by atoms with Crippen molar-refractivity contribution in [2.75, 3.05) is 31.1 Å². The van der Waals surface area contributed by atoms with E-state index in [9.17, 15) is 27.6 Å². The van der Waals surface area contributed by atoms with Gasteiger partial charge in [-0.2, -0.15) is 18.3 Å². The fraction of sp³-hybridized carbons (Fsp3) is 0.394. The third-order valence-electron chi connectivity index (χ3n) is 8.74. The molecule has 1 saturated heterocycles. The van der Waals surface area contributed by atoms with Gasteiger partial charge in [0.2, 0.25) is 5.91 Å². The summed E-state index contributed by atoms with van der Waals surface area (Å²) in [6.45, 7) is 8.45. The maximum absolute atomic E-state index is 14.1. The molecule has 1 saturated carbocycles. The van der Waals surface area contributed by atoms with Crippen LogP contribution in [0.4, 0.5) is 19.0 Å².